The summed E-state index contributed by atoms with van der Waals surface area (Å²) in [6, 6.07) is 41.2. The molecule has 4 rings (SSSR count). The van der Waals surface area contributed by atoms with Crippen molar-refractivity contribution in [2.45, 2.75) is 5.54 Å². The van der Waals surface area contributed by atoms with Crippen molar-refractivity contribution < 1.29 is 0 Å². The zero-order valence-corrected chi connectivity index (χ0v) is 16.9. The lowest BCUT2D eigenvalue weighted by molar-refractivity contribution is 0.703. The van der Waals surface area contributed by atoms with Crippen LogP contribution in [0.3, 0.4) is 0 Å². The highest BCUT2D eigenvalue weighted by molar-refractivity contribution is 5.97. The van der Waals surface area contributed by atoms with Gasteiger partial charge in [0.25, 0.3) is 0 Å². The van der Waals surface area contributed by atoms with E-state index in [-0.39, 0.29) is 0 Å². The molecule has 30 heavy (non-hydrogen) atoms. The molecule has 0 aromatic heterocycles. The Morgan fingerprint density at radius 3 is 1.30 bits per heavy atom. The lowest BCUT2D eigenvalue weighted by atomic mass is 9.72. The van der Waals surface area contributed by atoms with Gasteiger partial charge in [0, 0.05) is 6.54 Å². The van der Waals surface area contributed by atoms with Gasteiger partial charge in [0.1, 0.15) is 0 Å². The highest BCUT2D eigenvalue weighted by Crippen LogP contribution is 2.43. The van der Waals surface area contributed by atoms with Crippen molar-refractivity contribution in [3.63, 3.8) is 0 Å². The minimum absolute atomic E-state index is 0.382. The fourth-order valence-electron chi connectivity index (χ4n) is 4.11. The molecule has 0 unspecified atom stereocenters. The van der Waals surface area contributed by atoms with E-state index < -0.39 is 5.54 Å². The smallest absolute Gasteiger partial charge is 0.0932 e. The van der Waals surface area contributed by atoms with Crippen LogP contribution < -0.4 is 11.5 Å². The van der Waals surface area contributed by atoms with Crippen LogP contribution in [0.25, 0.3) is 11.1 Å². The van der Waals surface area contributed by atoms with Gasteiger partial charge in [-0.25, -0.2) is 0 Å². The van der Waals surface area contributed by atoms with Crippen molar-refractivity contribution in [3.8, 4) is 0 Å². The number of hydrogen-bond donors (Lipinski definition) is 2. The molecular weight excluding hydrogens is 364 g/mol. The van der Waals surface area contributed by atoms with Crippen molar-refractivity contribution in [3.05, 3.63) is 144 Å². The molecule has 0 bridgehead atoms. The minimum Gasteiger partial charge on any atom is -0.326 e. The average Bonchev–Trinajstić information content (AvgIpc) is 2.84. The second kappa shape index (κ2) is 8.91. The van der Waals surface area contributed by atoms with Gasteiger partial charge in [0.15, 0.2) is 0 Å². The first-order chi connectivity index (χ1) is 14.7. The zero-order valence-electron chi connectivity index (χ0n) is 16.9. The van der Waals surface area contributed by atoms with E-state index >= 15 is 0 Å². The predicted octanol–water partition coefficient (Wildman–Crippen LogP) is 5.46. The predicted molar refractivity (Wildman–Crippen MR) is 127 cm³/mol. The van der Waals surface area contributed by atoms with Gasteiger partial charge in [-0.15, -0.1) is 0 Å². The van der Waals surface area contributed by atoms with Crippen LogP contribution in [0, 0.1) is 0 Å². The van der Waals surface area contributed by atoms with E-state index in [1.165, 1.54) is 0 Å². The van der Waals surface area contributed by atoms with Gasteiger partial charge in [-0.3, -0.25) is 0 Å². The van der Waals surface area contributed by atoms with Gasteiger partial charge in [0.2, 0.25) is 0 Å². The van der Waals surface area contributed by atoms with E-state index in [1.807, 2.05) is 72.8 Å². The summed E-state index contributed by atoms with van der Waals surface area (Å²) < 4.78 is 0. The second-order valence-electron chi connectivity index (χ2n) is 7.33. The van der Waals surface area contributed by atoms with Crippen molar-refractivity contribution in [1.29, 1.82) is 0 Å². The van der Waals surface area contributed by atoms with Gasteiger partial charge in [0.05, 0.1) is 5.54 Å². The van der Waals surface area contributed by atoms with E-state index in [9.17, 15) is 0 Å². The Morgan fingerprint density at radius 2 is 0.900 bits per heavy atom. The van der Waals surface area contributed by atoms with Crippen molar-refractivity contribution in [2.24, 2.45) is 11.5 Å². The van der Waals surface area contributed by atoms with Gasteiger partial charge in [-0.2, -0.15) is 0 Å². The molecule has 0 radical (unpaired) electrons. The van der Waals surface area contributed by atoms with E-state index in [0.29, 0.717) is 6.54 Å². The highest BCUT2D eigenvalue weighted by Gasteiger charge is 2.36. The van der Waals surface area contributed by atoms with Crippen molar-refractivity contribution >= 4 is 11.1 Å². The number of nitrogens with two attached hydrogens (primary N) is 2. The normalized spacial score (nSPS) is 12.3. The first-order valence-corrected chi connectivity index (χ1v) is 10.2. The fraction of sp³-hybridized carbons (Fsp3) is 0.0714. The molecule has 148 valence electrons. The van der Waals surface area contributed by atoms with Gasteiger partial charge >= 0.3 is 0 Å². The Labute approximate surface area is 178 Å². The first kappa shape index (κ1) is 19.8. The van der Waals surface area contributed by atoms with Gasteiger partial charge < -0.3 is 11.5 Å². The summed E-state index contributed by atoms with van der Waals surface area (Å²) in [4.78, 5) is 0. The Balaban J connectivity index is 2.11. The topological polar surface area (TPSA) is 52.0 Å². The second-order valence-corrected chi connectivity index (χ2v) is 7.33. The summed E-state index contributed by atoms with van der Waals surface area (Å²) in [5.74, 6) is 0. The molecule has 2 nitrogen and oxygen atoms in total. The molecule has 0 aliphatic rings. The summed E-state index contributed by atoms with van der Waals surface area (Å²) in [6.07, 6.45) is 0. The van der Waals surface area contributed by atoms with Crippen LogP contribution in [-0.2, 0) is 5.54 Å². The Hall–Kier alpha value is -3.46. The maximum Gasteiger partial charge on any atom is 0.0932 e. The van der Waals surface area contributed by atoms with E-state index in [0.717, 1.165) is 33.4 Å². The molecule has 0 aliphatic heterocycles. The maximum atomic E-state index is 7.42. The summed E-state index contributed by atoms with van der Waals surface area (Å²) in [7, 11) is 0. The van der Waals surface area contributed by atoms with Crippen LogP contribution >= 0.6 is 0 Å². The Morgan fingerprint density at radius 1 is 0.533 bits per heavy atom. The third kappa shape index (κ3) is 3.71. The van der Waals surface area contributed by atoms with Crippen LogP contribution in [0.5, 0.6) is 0 Å². The molecule has 2 heteroatoms. The molecule has 4 N–H and O–H groups in total. The lowest BCUT2D eigenvalue weighted by Gasteiger charge is -2.36. The standard InChI is InChI=1S/C28H26N2/c29-21-26(22-13-5-1-6-14-22)27(23-15-7-2-8-16-23)28(30,24-17-9-3-10-18-24)25-19-11-4-12-20-25/h1-20H,21,29-30H2. The molecule has 0 atom stereocenters. The monoisotopic (exact) mass is 390 g/mol. The zero-order chi connectivity index (χ0) is 20.8. The van der Waals surface area contributed by atoms with Gasteiger partial charge in [-0.05, 0) is 33.4 Å². The third-order valence-corrected chi connectivity index (χ3v) is 5.54. The Kier molecular flexibility index (Phi) is 5.89. The molecule has 0 aliphatic carbocycles. The largest absolute Gasteiger partial charge is 0.326 e. The number of benzene rings is 4. The van der Waals surface area contributed by atoms with Crippen LogP contribution in [0.4, 0.5) is 0 Å². The van der Waals surface area contributed by atoms with Gasteiger partial charge in [-0.1, -0.05) is 121 Å². The van der Waals surface area contributed by atoms with Crippen LogP contribution in [-0.4, -0.2) is 6.54 Å². The van der Waals surface area contributed by atoms with E-state index in [2.05, 4.69) is 48.5 Å². The van der Waals surface area contributed by atoms with Crippen LogP contribution in [0.15, 0.2) is 121 Å². The van der Waals surface area contributed by atoms with Crippen LogP contribution in [0.1, 0.15) is 22.3 Å². The van der Waals surface area contributed by atoms with Crippen molar-refractivity contribution in [2.75, 3.05) is 6.54 Å². The van der Waals surface area contributed by atoms with Crippen LogP contribution in [0.2, 0.25) is 0 Å². The first-order valence-electron chi connectivity index (χ1n) is 10.2. The highest BCUT2D eigenvalue weighted by atomic mass is 14.8. The van der Waals surface area contributed by atoms with E-state index in [1.54, 1.807) is 0 Å². The molecular formula is C28H26N2. The minimum atomic E-state index is -0.867. The van der Waals surface area contributed by atoms with Crippen molar-refractivity contribution in [1.82, 2.24) is 0 Å². The lowest BCUT2D eigenvalue weighted by Crippen LogP contribution is -2.40. The summed E-state index contributed by atoms with van der Waals surface area (Å²) in [5.41, 5.74) is 19.2. The fourth-order valence-corrected chi connectivity index (χ4v) is 4.11. The van der Waals surface area contributed by atoms with E-state index in [4.69, 9.17) is 11.5 Å². The third-order valence-electron chi connectivity index (χ3n) is 5.54. The number of rotatable bonds is 6. The quantitative estimate of drug-likeness (QED) is 0.430. The molecule has 0 heterocycles. The summed E-state index contributed by atoms with van der Waals surface area (Å²) >= 11 is 0. The molecule has 4 aromatic carbocycles. The molecule has 0 saturated carbocycles. The average molecular weight is 391 g/mol. The molecule has 0 fully saturated rings. The number of hydrogen-bond acceptors (Lipinski definition) is 2. The Bertz CT molecular complexity index is 1060. The molecule has 4 aromatic rings. The maximum absolute atomic E-state index is 7.42. The molecule has 0 amide bonds. The summed E-state index contributed by atoms with van der Waals surface area (Å²) in [6.45, 7) is 0.382. The molecule has 0 saturated heterocycles. The molecule has 0 spiro atoms. The summed E-state index contributed by atoms with van der Waals surface area (Å²) in [5, 5.41) is 0. The SMILES string of the molecule is NCC(=C(c1ccccc1)C(N)(c1ccccc1)c1ccccc1)c1ccccc1.